The maximum Gasteiger partial charge on any atom is 0.248 e. The fourth-order valence-electron chi connectivity index (χ4n) is 6.57. The van der Waals surface area contributed by atoms with Gasteiger partial charge >= 0.3 is 0 Å². The molecule has 208 valence electrons. The van der Waals surface area contributed by atoms with Crippen molar-refractivity contribution in [1.82, 2.24) is 14.7 Å². The van der Waals surface area contributed by atoms with E-state index in [0.29, 0.717) is 32.5 Å². The summed E-state index contributed by atoms with van der Waals surface area (Å²) in [7, 11) is 1.71. The van der Waals surface area contributed by atoms with E-state index in [1.54, 1.807) is 29.0 Å². The molecule has 3 fully saturated rings. The average Bonchev–Trinajstić information content (AvgIpc) is 3.45. The molecular formula is C28H44BrN3O5. The molecule has 0 radical (unpaired) electrons. The van der Waals surface area contributed by atoms with Gasteiger partial charge in [0.2, 0.25) is 17.7 Å². The van der Waals surface area contributed by atoms with Crippen molar-refractivity contribution in [3.05, 3.63) is 25.3 Å². The number of nitrogens with zero attached hydrogens (tertiary/aromatic N) is 3. The number of rotatable bonds is 15. The molecular weight excluding hydrogens is 538 g/mol. The minimum absolute atomic E-state index is 0.0121. The number of likely N-dealkylation sites (N-methyl/N-ethyl adjacent to an activating group) is 1. The molecule has 0 saturated carbocycles. The molecule has 3 rings (SSSR count). The molecule has 0 aliphatic carbocycles. The predicted octanol–water partition coefficient (Wildman–Crippen LogP) is 3.13. The van der Waals surface area contributed by atoms with Crippen molar-refractivity contribution in [2.45, 2.75) is 87.4 Å². The summed E-state index contributed by atoms with van der Waals surface area (Å²) in [5, 5.41) is 9.12. The lowest BCUT2D eigenvalue weighted by molar-refractivity contribution is -0.149. The zero-order chi connectivity index (χ0) is 27.3. The molecule has 37 heavy (non-hydrogen) atoms. The maximum absolute atomic E-state index is 14.3. The number of unbranched alkanes of at least 4 members (excludes halogenated alkanes) is 3. The van der Waals surface area contributed by atoms with Gasteiger partial charge in [-0.1, -0.05) is 54.3 Å². The van der Waals surface area contributed by atoms with E-state index in [-0.39, 0.29) is 35.2 Å². The summed E-state index contributed by atoms with van der Waals surface area (Å²) in [5.41, 5.74) is -1.04. The van der Waals surface area contributed by atoms with Gasteiger partial charge in [-0.15, -0.1) is 13.2 Å². The van der Waals surface area contributed by atoms with Crippen LogP contribution >= 0.6 is 15.9 Å². The van der Waals surface area contributed by atoms with Crippen LogP contribution in [0, 0.1) is 11.8 Å². The molecule has 2 bridgehead atoms. The number of fused-ring (bicyclic) bond motifs is 1. The number of carbonyl (C=O) groups excluding carboxylic acids is 3. The number of aliphatic hydroxyl groups is 1. The summed E-state index contributed by atoms with van der Waals surface area (Å²) in [6.07, 6.45) is 8.35. The van der Waals surface area contributed by atoms with Gasteiger partial charge in [0.1, 0.15) is 11.6 Å². The van der Waals surface area contributed by atoms with Crippen LogP contribution in [0.1, 0.15) is 58.8 Å². The van der Waals surface area contributed by atoms with E-state index >= 15 is 0 Å². The Hall–Kier alpha value is -1.71. The van der Waals surface area contributed by atoms with E-state index in [1.807, 2.05) is 11.8 Å². The van der Waals surface area contributed by atoms with E-state index in [0.717, 1.165) is 32.1 Å². The van der Waals surface area contributed by atoms with Crippen LogP contribution in [0.5, 0.6) is 0 Å². The molecule has 8 nitrogen and oxygen atoms in total. The number of halogens is 1. The molecule has 0 aromatic carbocycles. The van der Waals surface area contributed by atoms with Crippen molar-refractivity contribution >= 4 is 33.7 Å². The third kappa shape index (κ3) is 5.55. The van der Waals surface area contributed by atoms with Crippen molar-refractivity contribution in [2.24, 2.45) is 11.8 Å². The molecule has 7 atom stereocenters. The second-order valence-electron chi connectivity index (χ2n) is 10.8. The van der Waals surface area contributed by atoms with E-state index in [1.165, 1.54) is 0 Å². The van der Waals surface area contributed by atoms with Crippen molar-refractivity contribution in [2.75, 3.05) is 33.3 Å². The largest absolute Gasteiger partial charge is 0.396 e. The first-order valence-electron chi connectivity index (χ1n) is 13.7. The normalized spacial score (nSPS) is 30.8. The van der Waals surface area contributed by atoms with E-state index < -0.39 is 29.6 Å². The van der Waals surface area contributed by atoms with Crippen molar-refractivity contribution in [3.63, 3.8) is 0 Å². The van der Waals surface area contributed by atoms with Gasteiger partial charge < -0.3 is 24.5 Å². The highest BCUT2D eigenvalue weighted by Gasteiger charge is 2.76. The zero-order valence-corrected chi connectivity index (χ0v) is 24.2. The summed E-state index contributed by atoms with van der Waals surface area (Å²) >= 11 is 3.73. The second-order valence-corrected chi connectivity index (χ2v) is 11.9. The van der Waals surface area contributed by atoms with Gasteiger partial charge in [-0.05, 0) is 32.6 Å². The van der Waals surface area contributed by atoms with Crippen LogP contribution in [0.25, 0.3) is 0 Å². The third-order valence-electron chi connectivity index (χ3n) is 8.24. The second kappa shape index (κ2) is 12.9. The first-order valence-corrected chi connectivity index (χ1v) is 14.6. The van der Waals surface area contributed by atoms with Crippen LogP contribution in [-0.2, 0) is 19.1 Å². The van der Waals surface area contributed by atoms with Crippen LogP contribution in [0.4, 0.5) is 0 Å². The molecule has 0 aromatic rings. The fourth-order valence-corrected chi connectivity index (χ4v) is 7.52. The molecule has 3 aliphatic rings. The standard InChI is InChI=1S/C28H44BrN3O5/c1-6-13-19(4)31(15-8-3)27(36)24-28-18-20(29)23(37-28)21(25(34)30(5)14-7-2)22(28)26(35)32(24)16-11-9-10-12-17-33/h7-8,19-24,33H,2-3,6,9-18H2,1,4-5H3/t19?,20?,21-,22+,23-,24?,28?/m1/s1. The van der Waals surface area contributed by atoms with Gasteiger partial charge in [-0.2, -0.15) is 0 Å². The summed E-state index contributed by atoms with van der Waals surface area (Å²) in [6.45, 7) is 13.1. The Labute approximate surface area is 230 Å². The van der Waals surface area contributed by atoms with Crippen molar-refractivity contribution in [3.8, 4) is 0 Å². The molecule has 9 heteroatoms. The van der Waals surface area contributed by atoms with E-state index in [2.05, 4.69) is 36.0 Å². The number of alkyl halides is 1. The van der Waals surface area contributed by atoms with Crippen molar-refractivity contribution < 1.29 is 24.2 Å². The molecule has 3 heterocycles. The molecule has 1 N–H and O–H groups in total. The Balaban J connectivity index is 2.00. The lowest BCUT2D eigenvalue weighted by Crippen LogP contribution is -2.58. The topological polar surface area (TPSA) is 90.4 Å². The maximum atomic E-state index is 14.3. The Morgan fingerprint density at radius 2 is 1.89 bits per heavy atom. The highest BCUT2D eigenvalue weighted by Crippen LogP contribution is 2.60. The van der Waals surface area contributed by atoms with Gasteiger partial charge in [-0.3, -0.25) is 14.4 Å². The summed E-state index contributed by atoms with van der Waals surface area (Å²) in [6, 6.07) is -0.795. The molecule has 3 aliphatic heterocycles. The minimum Gasteiger partial charge on any atom is -0.396 e. The predicted molar refractivity (Wildman–Crippen MR) is 147 cm³/mol. The third-order valence-corrected chi connectivity index (χ3v) is 9.09. The number of hydrogen-bond donors (Lipinski definition) is 1. The molecule has 3 saturated heterocycles. The summed E-state index contributed by atoms with van der Waals surface area (Å²) in [5.74, 6) is -1.77. The summed E-state index contributed by atoms with van der Waals surface area (Å²) < 4.78 is 6.62. The van der Waals surface area contributed by atoms with Gasteiger partial charge in [0, 0.05) is 44.2 Å². The van der Waals surface area contributed by atoms with Gasteiger partial charge in [0.05, 0.1) is 17.9 Å². The highest BCUT2D eigenvalue weighted by atomic mass is 79.9. The Morgan fingerprint density at radius 3 is 2.51 bits per heavy atom. The fraction of sp³-hybridized carbons (Fsp3) is 0.750. The Bertz CT molecular complexity index is 869. The quantitative estimate of drug-likeness (QED) is 0.182. The minimum atomic E-state index is -1.04. The zero-order valence-electron chi connectivity index (χ0n) is 22.6. The number of carbonyl (C=O) groups is 3. The summed E-state index contributed by atoms with van der Waals surface area (Å²) in [4.78, 5) is 47.0. The van der Waals surface area contributed by atoms with Gasteiger partial charge in [0.15, 0.2) is 0 Å². The number of ether oxygens (including phenoxy) is 1. The molecule has 0 aromatic heterocycles. The smallest absolute Gasteiger partial charge is 0.248 e. The first kappa shape index (κ1) is 29.8. The monoisotopic (exact) mass is 581 g/mol. The van der Waals surface area contributed by atoms with E-state index in [9.17, 15) is 14.4 Å². The number of hydrogen-bond acceptors (Lipinski definition) is 5. The van der Waals surface area contributed by atoms with Crippen LogP contribution in [0.15, 0.2) is 25.3 Å². The van der Waals surface area contributed by atoms with Gasteiger partial charge in [-0.25, -0.2) is 0 Å². The molecule has 3 amide bonds. The Kier molecular flexibility index (Phi) is 10.4. The first-order chi connectivity index (χ1) is 17.7. The van der Waals surface area contributed by atoms with Crippen LogP contribution in [0.3, 0.4) is 0 Å². The number of aliphatic hydroxyl groups excluding tert-OH is 1. The van der Waals surface area contributed by atoms with Crippen molar-refractivity contribution in [1.29, 1.82) is 0 Å². The van der Waals surface area contributed by atoms with Crippen LogP contribution in [-0.4, -0.2) is 99.4 Å². The van der Waals surface area contributed by atoms with Crippen LogP contribution in [0.2, 0.25) is 0 Å². The molecule has 4 unspecified atom stereocenters. The lowest BCUT2D eigenvalue weighted by atomic mass is 9.70. The SMILES string of the molecule is C=CCN(C)C(=O)[C@H]1[C@@H]2OC3(CC2Br)C(C(=O)N(CC=C)C(C)CCC)N(CCCCCCO)C(=O)[C@H]13. The number of likely N-dealkylation sites (tertiary alicyclic amines) is 1. The lowest BCUT2D eigenvalue weighted by Gasteiger charge is -2.39. The van der Waals surface area contributed by atoms with Crippen LogP contribution < -0.4 is 0 Å². The number of amides is 3. The Morgan fingerprint density at radius 1 is 1.22 bits per heavy atom. The molecule has 1 spiro atoms. The average molecular weight is 583 g/mol. The van der Waals surface area contributed by atoms with Gasteiger partial charge in [0.25, 0.3) is 0 Å². The van der Waals surface area contributed by atoms with E-state index in [4.69, 9.17) is 9.84 Å². The highest BCUT2D eigenvalue weighted by molar-refractivity contribution is 9.09.